The Bertz CT molecular complexity index is 1390. The molecule has 1 fully saturated rings. The van der Waals surface area contributed by atoms with Crippen LogP contribution in [0.25, 0.3) is 0 Å². The lowest BCUT2D eigenvalue weighted by molar-refractivity contribution is -0.141. The van der Waals surface area contributed by atoms with E-state index in [0.717, 1.165) is 18.4 Å². The van der Waals surface area contributed by atoms with Crippen molar-refractivity contribution in [2.75, 3.05) is 26.2 Å². The van der Waals surface area contributed by atoms with Gasteiger partial charge in [0.1, 0.15) is 11.9 Å². The first-order chi connectivity index (χ1) is 19.8. The maximum atomic E-state index is 13.8. The number of rotatable bonds is 13. The van der Waals surface area contributed by atoms with E-state index in [0.29, 0.717) is 37.1 Å². The molecule has 0 saturated carbocycles. The molecule has 0 spiro atoms. The number of amides is 2. The van der Waals surface area contributed by atoms with Gasteiger partial charge in [0, 0.05) is 39.2 Å². The van der Waals surface area contributed by atoms with Crippen LogP contribution < -0.4 is 5.32 Å². The molecule has 4 rings (SSSR count). The molecule has 2 N–H and O–H groups in total. The number of carbonyl (C=O) groups excluding carboxylic acids is 2. The van der Waals surface area contributed by atoms with Crippen LogP contribution in [0.4, 0.5) is 4.39 Å². The summed E-state index contributed by atoms with van der Waals surface area (Å²) in [5.41, 5.74) is 2.09. The van der Waals surface area contributed by atoms with Crippen LogP contribution in [-0.2, 0) is 32.6 Å². The second-order valence-electron chi connectivity index (χ2n) is 10.1. The smallest absolute Gasteiger partial charge is 0.247 e. The molecule has 3 aromatic carbocycles. The van der Waals surface area contributed by atoms with Gasteiger partial charge in [0.15, 0.2) is 0 Å². The van der Waals surface area contributed by atoms with E-state index in [1.807, 2.05) is 6.07 Å². The topological polar surface area (TPSA) is 107 Å². The third-order valence-corrected chi connectivity index (χ3v) is 9.06. The minimum atomic E-state index is -3.53. The van der Waals surface area contributed by atoms with Crippen LogP contribution in [-0.4, -0.2) is 60.8 Å². The minimum Gasteiger partial charge on any atom is -0.396 e. The molecule has 0 aromatic heterocycles. The average Bonchev–Trinajstić information content (AvgIpc) is 3.54. The Labute approximate surface area is 240 Å². The molecule has 1 heterocycles. The van der Waals surface area contributed by atoms with E-state index in [4.69, 9.17) is 5.11 Å². The van der Waals surface area contributed by atoms with Crippen LogP contribution in [0, 0.1) is 5.82 Å². The van der Waals surface area contributed by atoms with Crippen molar-refractivity contribution in [2.24, 2.45) is 0 Å². The van der Waals surface area contributed by atoms with Crippen molar-refractivity contribution in [1.29, 1.82) is 0 Å². The average molecular weight is 582 g/mol. The molecular weight excluding hydrogens is 545 g/mol. The first-order valence-corrected chi connectivity index (χ1v) is 15.3. The van der Waals surface area contributed by atoms with Gasteiger partial charge in [-0.1, -0.05) is 54.6 Å². The fraction of sp³-hybridized carbons (Fsp3) is 0.355. The quantitative estimate of drug-likeness (QED) is 0.299. The second-order valence-corrected chi connectivity index (χ2v) is 12.0. The van der Waals surface area contributed by atoms with Gasteiger partial charge >= 0.3 is 0 Å². The summed E-state index contributed by atoms with van der Waals surface area (Å²) in [5.74, 6) is -1.06. The summed E-state index contributed by atoms with van der Waals surface area (Å²) in [6.45, 7) is 1.31. The Balaban J connectivity index is 1.55. The maximum Gasteiger partial charge on any atom is 0.247 e. The van der Waals surface area contributed by atoms with Gasteiger partial charge in [0.25, 0.3) is 0 Å². The van der Waals surface area contributed by atoms with E-state index >= 15 is 0 Å². The zero-order chi connectivity index (χ0) is 29.2. The predicted molar refractivity (Wildman–Crippen MR) is 154 cm³/mol. The number of benzene rings is 3. The Morgan fingerprint density at radius 1 is 0.927 bits per heavy atom. The summed E-state index contributed by atoms with van der Waals surface area (Å²) in [5, 5.41) is 12.0. The summed E-state index contributed by atoms with van der Waals surface area (Å²) < 4.78 is 40.8. The number of aryl methyl sites for hydroxylation is 1. The van der Waals surface area contributed by atoms with Gasteiger partial charge in [-0.2, -0.15) is 4.31 Å². The number of aliphatic hydroxyl groups is 1. The highest BCUT2D eigenvalue weighted by atomic mass is 32.2. The molecule has 1 aliphatic heterocycles. The van der Waals surface area contributed by atoms with E-state index in [1.54, 1.807) is 60.7 Å². The Hall–Kier alpha value is -3.60. The van der Waals surface area contributed by atoms with Gasteiger partial charge in [-0.3, -0.25) is 9.59 Å². The van der Waals surface area contributed by atoms with Gasteiger partial charge in [0.2, 0.25) is 21.8 Å². The van der Waals surface area contributed by atoms with Gasteiger partial charge in [-0.15, -0.1) is 0 Å². The molecule has 1 atom stereocenters. The summed E-state index contributed by atoms with van der Waals surface area (Å²) in [6, 6.07) is 20.4. The van der Waals surface area contributed by atoms with Crippen molar-refractivity contribution in [1.82, 2.24) is 14.5 Å². The number of aliphatic hydroxyl groups excluding tert-OH is 1. The van der Waals surface area contributed by atoms with Crippen molar-refractivity contribution in [2.45, 2.75) is 49.6 Å². The number of hydrogen-bond donors (Lipinski definition) is 2. The molecule has 41 heavy (non-hydrogen) atoms. The van der Waals surface area contributed by atoms with E-state index in [9.17, 15) is 22.4 Å². The highest BCUT2D eigenvalue weighted by Gasteiger charge is 2.31. The number of nitrogens with zero attached hydrogens (tertiary/aromatic N) is 2. The van der Waals surface area contributed by atoms with Crippen molar-refractivity contribution >= 4 is 21.8 Å². The van der Waals surface area contributed by atoms with Crippen LogP contribution >= 0.6 is 0 Å². The standard InChI is InChI=1S/C31H36FN3O5S/c32-27-14-9-25(10-15-27)23-35(30(26-7-2-1-3-8-26)31(38)33-19-6-22-36)29(37)18-13-24-11-16-28(17-12-24)41(39,40)34-20-4-5-21-34/h1-3,7-12,14-17,30,36H,4-6,13,18-23H2,(H,33,38)/t30-/m1/s1. The largest absolute Gasteiger partial charge is 0.396 e. The first kappa shape index (κ1) is 30.4. The molecule has 1 aliphatic rings. The molecule has 3 aromatic rings. The second kappa shape index (κ2) is 14.3. The summed E-state index contributed by atoms with van der Waals surface area (Å²) in [7, 11) is -3.53. The van der Waals surface area contributed by atoms with Gasteiger partial charge < -0.3 is 15.3 Å². The molecular formula is C31H36FN3O5S. The van der Waals surface area contributed by atoms with E-state index in [1.165, 1.54) is 21.3 Å². The highest BCUT2D eigenvalue weighted by Crippen LogP contribution is 2.26. The molecule has 218 valence electrons. The summed E-state index contributed by atoms with van der Waals surface area (Å²) >= 11 is 0. The number of nitrogens with one attached hydrogen (secondary N) is 1. The number of carbonyl (C=O) groups is 2. The van der Waals surface area contributed by atoms with Gasteiger partial charge in [-0.05, 0) is 66.6 Å². The normalized spacial score (nSPS) is 14.5. The van der Waals surface area contributed by atoms with Crippen LogP contribution in [0.5, 0.6) is 0 Å². The van der Waals surface area contributed by atoms with E-state index < -0.39 is 21.9 Å². The minimum absolute atomic E-state index is 0.0761. The molecule has 0 bridgehead atoms. The molecule has 10 heteroatoms. The van der Waals surface area contributed by atoms with Crippen molar-refractivity contribution in [3.8, 4) is 0 Å². The zero-order valence-corrected chi connectivity index (χ0v) is 23.7. The zero-order valence-electron chi connectivity index (χ0n) is 22.9. The highest BCUT2D eigenvalue weighted by molar-refractivity contribution is 7.89. The van der Waals surface area contributed by atoms with Crippen molar-refractivity contribution in [3.63, 3.8) is 0 Å². The van der Waals surface area contributed by atoms with Crippen molar-refractivity contribution in [3.05, 3.63) is 101 Å². The predicted octanol–water partition coefficient (Wildman–Crippen LogP) is 3.81. The number of halogens is 1. The summed E-state index contributed by atoms with van der Waals surface area (Å²) in [6.07, 6.45) is 2.51. The Morgan fingerprint density at radius 3 is 2.20 bits per heavy atom. The molecule has 0 radical (unpaired) electrons. The monoisotopic (exact) mass is 581 g/mol. The Kier molecular flexibility index (Phi) is 10.6. The third-order valence-electron chi connectivity index (χ3n) is 7.15. The molecule has 2 amide bonds. The lowest BCUT2D eigenvalue weighted by Crippen LogP contribution is -2.43. The lowest BCUT2D eigenvalue weighted by atomic mass is 10.0. The number of hydrogen-bond acceptors (Lipinski definition) is 5. The molecule has 8 nitrogen and oxygen atoms in total. The maximum absolute atomic E-state index is 13.8. The van der Waals surface area contributed by atoms with Crippen LogP contribution in [0.3, 0.4) is 0 Å². The SMILES string of the molecule is O=C(NCCCO)[C@@H](c1ccccc1)N(Cc1ccc(F)cc1)C(=O)CCc1ccc(S(=O)(=O)N2CCCC2)cc1. The van der Waals surface area contributed by atoms with Crippen molar-refractivity contribution < 1.29 is 27.5 Å². The Morgan fingerprint density at radius 2 is 1.56 bits per heavy atom. The third kappa shape index (κ3) is 8.00. The lowest BCUT2D eigenvalue weighted by Gasteiger charge is -2.32. The van der Waals surface area contributed by atoms with Crippen LogP contribution in [0.2, 0.25) is 0 Å². The first-order valence-electron chi connectivity index (χ1n) is 13.9. The number of sulfonamides is 1. The van der Waals surface area contributed by atoms with E-state index in [2.05, 4.69) is 5.32 Å². The fourth-order valence-corrected chi connectivity index (χ4v) is 6.42. The van der Waals surface area contributed by atoms with Gasteiger partial charge in [0.05, 0.1) is 4.90 Å². The molecule has 1 saturated heterocycles. The molecule has 0 unspecified atom stereocenters. The van der Waals surface area contributed by atoms with Crippen LogP contribution in [0.1, 0.15) is 48.4 Å². The van der Waals surface area contributed by atoms with E-state index in [-0.39, 0.29) is 42.8 Å². The van der Waals surface area contributed by atoms with Gasteiger partial charge in [-0.25, -0.2) is 12.8 Å². The van der Waals surface area contributed by atoms with Crippen LogP contribution in [0.15, 0.2) is 83.8 Å². The molecule has 0 aliphatic carbocycles. The summed E-state index contributed by atoms with van der Waals surface area (Å²) in [4.78, 5) is 28.9. The fourth-order valence-electron chi connectivity index (χ4n) is 4.91.